The zero-order chi connectivity index (χ0) is 32.8. The van der Waals surface area contributed by atoms with Crippen molar-refractivity contribution in [2.75, 3.05) is 6.61 Å². The van der Waals surface area contributed by atoms with Gasteiger partial charge in [-0.2, -0.15) is 79.0 Å². The van der Waals surface area contributed by atoms with E-state index in [1.807, 2.05) is 0 Å². The molecule has 0 spiro atoms. The van der Waals surface area contributed by atoms with Crippen molar-refractivity contribution in [1.82, 2.24) is 0 Å². The monoisotopic (exact) mass is 640 g/mol. The SMILES string of the molecule is C=C(C)C(=O)OCC(O)CCCC(F)(F)C(F)(F)C(F)(F)C(F)(F)C(F)(F)C(F)(F)C(F)(C(F)(F)F)C(F)(F)F. The third kappa shape index (κ3) is 5.90. The summed E-state index contributed by atoms with van der Waals surface area (Å²) in [5.74, 6) is -51.4. The lowest BCUT2D eigenvalue weighted by Gasteiger charge is -2.45. The molecular weight excluding hydrogens is 625 g/mol. The van der Waals surface area contributed by atoms with Crippen molar-refractivity contribution in [1.29, 1.82) is 0 Å². The van der Waals surface area contributed by atoms with Crippen LogP contribution in [0.2, 0.25) is 0 Å². The molecule has 238 valence electrons. The zero-order valence-electron chi connectivity index (χ0n) is 19.1. The fourth-order valence-electron chi connectivity index (χ4n) is 2.65. The Bertz CT molecular complexity index is 904. The van der Waals surface area contributed by atoms with Crippen molar-refractivity contribution in [2.45, 2.75) is 85.8 Å². The molecule has 0 amide bonds. The molecule has 0 aromatic heterocycles. The first-order valence-electron chi connectivity index (χ1n) is 9.82. The second kappa shape index (κ2) is 10.9. The molecular formula is C18H15F19O3. The molecule has 0 fully saturated rings. The van der Waals surface area contributed by atoms with Gasteiger partial charge in [0.1, 0.15) is 6.61 Å². The average molecular weight is 640 g/mol. The highest BCUT2D eigenvalue weighted by Gasteiger charge is 2.98. The van der Waals surface area contributed by atoms with E-state index < -0.39 is 91.5 Å². The minimum absolute atomic E-state index is 0.278. The molecule has 40 heavy (non-hydrogen) atoms. The molecule has 0 aliphatic heterocycles. The first-order chi connectivity index (χ1) is 17.2. The number of carbonyl (C=O) groups is 1. The van der Waals surface area contributed by atoms with Crippen LogP contribution in [0.15, 0.2) is 12.2 Å². The van der Waals surface area contributed by atoms with E-state index >= 15 is 0 Å². The normalized spacial score (nSPS) is 16.1. The molecule has 1 N–H and O–H groups in total. The number of hydrogen-bond donors (Lipinski definition) is 1. The Balaban J connectivity index is 6.32. The van der Waals surface area contributed by atoms with E-state index in [0.717, 1.165) is 6.92 Å². The van der Waals surface area contributed by atoms with Crippen molar-refractivity contribution in [2.24, 2.45) is 0 Å². The maximum Gasteiger partial charge on any atom is 0.438 e. The van der Waals surface area contributed by atoms with Crippen LogP contribution in [0.4, 0.5) is 83.4 Å². The molecule has 0 rings (SSSR count). The summed E-state index contributed by atoms with van der Waals surface area (Å²) in [5, 5.41) is 9.36. The molecule has 0 aromatic carbocycles. The molecule has 0 aliphatic rings. The number of esters is 1. The van der Waals surface area contributed by atoms with E-state index in [1.54, 1.807) is 0 Å². The summed E-state index contributed by atoms with van der Waals surface area (Å²) in [6.07, 6.45) is -24.3. The Kier molecular flexibility index (Phi) is 10.3. The van der Waals surface area contributed by atoms with E-state index in [1.165, 1.54) is 0 Å². The van der Waals surface area contributed by atoms with Crippen LogP contribution in [0.25, 0.3) is 0 Å². The highest BCUT2D eigenvalue weighted by atomic mass is 19.4. The summed E-state index contributed by atoms with van der Waals surface area (Å²) in [7, 11) is 0. The lowest BCUT2D eigenvalue weighted by Crippen LogP contribution is -2.77. The Morgan fingerprint density at radius 1 is 0.675 bits per heavy atom. The van der Waals surface area contributed by atoms with E-state index in [2.05, 4.69) is 11.3 Å². The van der Waals surface area contributed by atoms with Crippen LogP contribution in [0, 0.1) is 0 Å². The van der Waals surface area contributed by atoms with Crippen LogP contribution in [0.3, 0.4) is 0 Å². The number of rotatable bonds is 13. The van der Waals surface area contributed by atoms with Crippen LogP contribution in [-0.4, -0.2) is 77.3 Å². The van der Waals surface area contributed by atoms with E-state index in [-0.39, 0.29) is 5.57 Å². The average Bonchev–Trinajstić information content (AvgIpc) is 2.74. The van der Waals surface area contributed by atoms with Crippen molar-refractivity contribution in [3.8, 4) is 0 Å². The third-order valence-corrected chi connectivity index (χ3v) is 5.03. The highest BCUT2D eigenvalue weighted by molar-refractivity contribution is 5.86. The second-order valence-corrected chi connectivity index (χ2v) is 8.16. The van der Waals surface area contributed by atoms with Crippen molar-refractivity contribution in [3.05, 3.63) is 12.2 Å². The zero-order valence-corrected chi connectivity index (χ0v) is 19.1. The Hall–Kier alpha value is -2.16. The minimum atomic E-state index is -9.06. The Morgan fingerprint density at radius 2 is 1.02 bits per heavy atom. The Morgan fingerprint density at radius 3 is 1.38 bits per heavy atom. The molecule has 22 heteroatoms. The fraction of sp³-hybridized carbons (Fsp3) is 0.833. The summed E-state index contributed by atoms with van der Waals surface area (Å²) in [6, 6.07) is 0. The smallest absolute Gasteiger partial charge is 0.438 e. The molecule has 0 aliphatic carbocycles. The maximum absolute atomic E-state index is 13.8. The van der Waals surface area contributed by atoms with Gasteiger partial charge in [0.25, 0.3) is 0 Å². The van der Waals surface area contributed by atoms with Crippen LogP contribution >= 0.6 is 0 Å². The number of aliphatic hydroxyl groups is 1. The van der Waals surface area contributed by atoms with Crippen molar-refractivity contribution in [3.63, 3.8) is 0 Å². The fourth-order valence-corrected chi connectivity index (χ4v) is 2.65. The van der Waals surface area contributed by atoms with Gasteiger partial charge in [0, 0.05) is 12.0 Å². The number of hydrogen-bond acceptors (Lipinski definition) is 3. The van der Waals surface area contributed by atoms with E-state index in [9.17, 15) is 93.3 Å². The predicted octanol–water partition coefficient (Wildman–Crippen LogP) is 7.28. The molecule has 0 saturated carbocycles. The number of aliphatic hydroxyl groups excluding tert-OH is 1. The van der Waals surface area contributed by atoms with Crippen LogP contribution < -0.4 is 0 Å². The molecule has 0 radical (unpaired) electrons. The van der Waals surface area contributed by atoms with Gasteiger partial charge in [0.15, 0.2) is 0 Å². The van der Waals surface area contributed by atoms with Gasteiger partial charge >= 0.3 is 59.5 Å². The quantitative estimate of drug-likeness (QED) is 0.131. The molecule has 1 unspecified atom stereocenters. The largest absolute Gasteiger partial charge is 0.460 e. The van der Waals surface area contributed by atoms with Gasteiger partial charge in [-0.25, -0.2) is 9.18 Å². The highest BCUT2D eigenvalue weighted by Crippen LogP contribution is 2.66. The summed E-state index contributed by atoms with van der Waals surface area (Å²) in [6.45, 7) is 3.06. The van der Waals surface area contributed by atoms with Crippen LogP contribution in [-0.2, 0) is 9.53 Å². The van der Waals surface area contributed by atoms with Gasteiger partial charge < -0.3 is 9.84 Å². The maximum atomic E-state index is 13.8. The number of halogens is 19. The lowest BCUT2D eigenvalue weighted by atomic mass is 9.83. The molecule has 0 saturated heterocycles. The van der Waals surface area contributed by atoms with Gasteiger partial charge in [-0.15, -0.1) is 0 Å². The predicted molar refractivity (Wildman–Crippen MR) is 91.3 cm³/mol. The summed E-state index contributed by atoms with van der Waals surface area (Å²) in [4.78, 5) is 11.1. The van der Waals surface area contributed by atoms with Gasteiger partial charge in [-0.05, 0) is 19.8 Å². The first-order valence-corrected chi connectivity index (χ1v) is 9.82. The number of alkyl halides is 19. The Labute approximate surface area is 209 Å². The molecule has 1 atom stereocenters. The third-order valence-electron chi connectivity index (χ3n) is 5.03. The molecule has 0 aromatic rings. The van der Waals surface area contributed by atoms with Crippen molar-refractivity contribution >= 4 is 5.97 Å². The van der Waals surface area contributed by atoms with Crippen molar-refractivity contribution < 1.29 is 98.1 Å². The first kappa shape index (κ1) is 37.8. The van der Waals surface area contributed by atoms with Gasteiger partial charge in [-0.3, -0.25) is 0 Å². The van der Waals surface area contributed by atoms with Crippen LogP contribution in [0.1, 0.15) is 26.2 Å². The topological polar surface area (TPSA) is 46.5 Å². The van der Waals surface area contributed by atoms with E-state index in [0.29, 0.717) is 0 Å². The van der Waals surface area contributed by atoms with Gasteiger partial charge in [-0.1, -0.05) is 6.58 Å². The van der Waals surface area contributed by atoms with Crippen LogP contribution in [0.5, 0.6) is 0 Å². The molecule has 3 nitrogen and oxygen atoms in total. The number of ether oxygens (including phenoxy) is 1. The summed E-state index contributed by atoms with van der Waals surface area (Å²) >= 11 is 0. The summed E-state index contributed by atoms with van der Waals surface area (Å²) < 4.78 is 257. The second-order valence-electron chi connectivity index (χ2n) is 8.16. The van der Waals surface area contributed by atoms with E-state index in [4.69, 9.17) is 0 Å². The minimum Gasteiger partial charge on any atom is -0.460 e. The summed E-state index contributed by atoms with van der Waals surface area (Å²) in [5.41, 5.74) is -9.06. The van der Waals surface area contributed by atoms with Gasteiger partial charge in [0.2, 0.25) is 0 Å². The standard InChI is InChI=1S/C18H15F19O3/c1-7(2)9(39)40-6-8(38)4-3-5-10(19,20)12(22,23)14(26,27)16(30,31)15(28,29)13(24,25)11(21,17(32,33)34)18(35,36)37/h8,38H,1,3-6H2,2H3. The molecule has 0 heterocycles. The number of carbonyl (C=O) groups excluding carboxylic acids is 1. The lowest BCUT2D eigenvalue weighted by molar-refractivity contribution is -0.472. The van der Waals surface area contributed by atoms with Gasteiger partial charge in [0.05, 0.1) is 6.10 Å². The molecule has 0 bridgehead atoms.